The maximum Gasteiger partial charge on any atom is 0.319 e. The van der Waals surface area contributed by atoms with E-state index in [1.807, 2.05) is 0 Å². The molecule has 0 unspecified atom stereocenters. The molecule has 0 aromatic rings. The fourth-order valence-electron chi connectivity index (χ4n) is 1.99. The number of unbranched alkanes of at least 4 members (excludes halogenated alkanes) is 4. The summed E-state index contributed by atoms with van der Waals surface area (Å²) in [5.74, 6) is -3.92. The van der Waals surface area contributed by atoms with Gasteiger partial charge < -0.3 is 5.32 Å². The molecule has 0 aliphatic rings. The number of hydrogen-bond donors (Lipinski definition) is 1. The molecule has 0 saturated heterocycles. The van der Waals surface area contributed by atoms with Crippen LogP contribution in [-0.4, -0.2) is 24.9 Å². The van der Waals surface area contributed by atoms with E-state index >= 15 is 0 Å². The minimum absolute atomic E-state index is 0.0669. The highest BCUT2D eigenvalue weighted by Gasteiger charge is 2.40. The van der Waals surface area contributed by atoms with Gasteiger partial charge in [0.1, 0.15) is 0 Å². The van der Waals surface area contributed by atoms with Crippen molar-refractivity contribution in [3.63, 3.8) is 0 Å². The molecule has 0 radical (unpaired) electrons. The zero-order valence-corrected chi connectivity index (χ0v) is 12.0. The number of halogens is 4. The zero-order valence-electron chi connectivity index (χ0n) is 12.0. The molecule has 0 spiro atoms. The van der Waals surface area contributed by atoms with Gasteiger partial charge in [-0.2, -0.15) is 8.78 Å². The predicted molar refractivity (Wildman–Crippen MR) is 71.0 cm³/mol. The van der Waals surface area contributed by atoms with Crippen LogP contribution in [0.2, 0.25) is 0 Å². The molecule has 0 aliphatic heterocycles. The lowest BCUT2D eigenvalue weighted by molar-refractivity contribution is -0.126. The van der Waals surface area contributed by atoms with Gasteiger partial charge in [-0.05, 0) is 12.8 Å². The van der Waals surface area contributed by atoms with E-state index in [1.54, 1.807) is 0 Å². The molecule has 1 nitrogen and oxygen atoms in total. The third-order valence-electron chi connectivity index (χ3n) is 3.26. The first-order valence-electron chi connectivity index (χ1n) is 7.33. The summed E-state index contributed by atoms with van der Waals surface area (Å²) in [5.41, 5.74) is 0. The molecule has 0 bridgehead atoms. The van der Waals surface area contributed by atoms with Crippen molar-refractivity contribution < 1.29 is 17.6 Å². The lowest BCUT2D eigenvalue weighted by atomic mass is 10.0. The summed E-state index contributed by atoms with van der Waals surface area (Å²) in [6, 6.07) is -0.0669. The maximum atomic E-state index is 12.9. The highest BCUT2D eigenvalue weighted by molar-refractivity contribution is 4.76. The molecule has 19 heavy (non-hydrogen) atoms. The number of hydrogen-bond acceptors (Lipinski definition) is 1. The average Bonchev–Trinajstić information content (AvgIpc) is 2.35. The molecule has 0 aromatic carbocycles. The highest BCUT2D eigenvalue weighted by Crippen LogP contribution is 2.22. The molecular formula is C14H27F4N. The second-order valence-electron chi connectivity index (χ2n) is 5.13. The molecule has 116 valence electrons. The Balaban J connectivity index is 4.08. The van der Waals surface area contributed by atoms with Crippen LogP contribution in [0.4, 0.5) is 17.6 Å². The Morgan fingerprint density at radius 2 is 1.37 bits per heavy atom. The molecule has 0 heterocycles. The van der Waals surface area contributed by atoms with Crippen LogP contribution < -0.4 is 5.32 Å². The average molecular weight is 285 g/mol. The summed E-state index contributed by atoms with van der Waals surface area (Å²) >= 11 is 0. The van der Waals surface area contributed by atoms with E-state index in [2.05, 4.69) is 19.2 Å². The van der Waals surface area contributed by atoms with E-state index in [0.29, 0.717) is 0 Å². The molecule has 0 aromatic heterocycles. The van der Waals surface area contributed by atoms with Crippen molar-refractivity contribution in [3.8, 4) is 0 Å². The summed E-state index contributed by atoms with van der Waals surface area (Å²) in [6.45, 7) is 3.22. The fraction of sp³-hybridized carbons (Fsp3) is 1.00. The first kappa shape index (κ1) is 18.7. The zero-order chi connectivity index (χ0) is 14.7. The Labute approximate surface area is 114 Å². The van der Waals surface area contributed by atoms with Crippen LogP contribution in [0, 0.1) is 0 Å². The van der Waals surface area contributed by atoms with Crippen molar-refractivity contribution in [2.24, 2.45) is 0 Å². The van der Waals surface area contributed by atoms with Crippen LogP contribution in [0.15, 0.2) is 0 Å². The summed E-state index contributed by atoms with van der Waals surface area (Å²) < 4.78 is 49.9. The van der Waals surface area contributed by atoms with Gasteiger partial charge in [-0.25, -0.2) is 8.78 Å². The summed E-state index contributed by atoms with van der Waals surface area (Å²) in [6.07, 6.45) is 4.14. The standard InChI is InChI=1S/C14H27F4N/c1-3-5-7-9-12(10-8-6-4-2)19-11-14(17,18)13(15)16/h12-13,19H,3-11H2,1-2H3. The van der Waals surface area contributed by atoms with Crippen molar-refractivity contribution in [2.75, 3.05) is 6.54 Å². The monoisotopic (exact) mass is 285 g/mol. The first-order valence-corrected chi connectivity index (χ1v) is 7.33. The maximum absolute atomic E-state index is 12.9. The lowest BCUT2D eigenvalue weighted by Crippen LogP contribution is -2.43. The van der Waals surface area contributed by atoms with Gasteiger partial charge in [-0.15, -0.1) is 0 Å². The first-order chi connectivity index (χ1) is 8.94. The molecular weight excluding hydrogens is 258 g/mol. The Bertz CT molecular complexity index is 200. The van der Waals surface area contributed by atoms with Crippen molar-refractivity contribution in [3.05, 3.63) is 0 Å². The van der Waals surface area contributed by atoms with Gasteiger partial charge in [0.05, 0.1) is 6.54 Å². The largest absolute Gasteiger partial charge is 0.319 e. The summed E-state index contributed by atoms with van der Waals surface area (Å²) in [4.78, 5) is 0. The van der Waals surface area contributed by atoms with E-state index in [-0.39, 0.29) is 6.04 Å². The fourth-order valence-corrected chi connectivity index (χ4v) is 1.99. The second-order valence-corrected chi connectivity index (χ2v) is 5.13. The van der Waals surface area contributed by atoms with Crippen molar-refractivity contribution in [1.82, 2.24) is 5.32 Å². The van der Waals surface area contributed by atoms with Gasteiger partial charge in [-0.1, -0.05) is 52.4 Å². The minimum Gasteiger partial charge on any atom is -0.308 e. The minimum atomic E-state index is -3.92. The molecule has 0 rings (SSSR count). The Kier molecular flexibility index (Phi) is 10.3. The topological polar surface area (TPSA) is 12.0 Å². The van der Waals surface area contributed by atoms with Crippen molar-refractivity contribution >= 4 is 0 Å². The second kappa shape index (κ2) is 10.5. The molecule has 0 aliphatic carbocycles. The van der Waals surface area contributed by atoms with E-state index in [9.17, 15) is 17.6 Å². The number of rotatable bonds is 12. The molecule has 0 amide bonds. The van der Waals surface area contributed by atoms with Crippen LogP contribution in [0.25, 0.3) is 0 Å². The van der Waals surface area contributed by atoms with Gasteiger partial charge in [0.2, 0.25) is 0 Å². The number of nitrogens with one attached hydrogen (secondary N) is 1. The van der Waals surface area contributed by atoms with Gasteiger partial charge in [-0.3, -0.25) is 0 Å². The third kappa shape index (κ3) is 9.25. The van der Waals surface area contributed by atoms with E-state index in [0.717, 1.165) is 51.4 Å². The Morgan fingerprint density at radius 3 is 1.74 bits per heavy atom. The Morgan fingerprint density at radius 1 is 0.895 bits per heavy atom. The lowest BCUT2D eigenvalue weighted by Gasteiger charge is -2.22. The van der Waals surface area contributed by atoms with Crippen LogP contribution in [0.3, 0.4) is 0 Å². The van der Waals surface area contributed by atoms with Gasteiger partial charge in [0.15, 0.2) is 0 Å². The number of alkyl halides is 4. The quantitative estimate of drug-likeness (QED) is 0.393. The smallest absolute Gasteiger partial charge is 0.308 e. The van der Waals surface area contributed by atoms with Crippen LogP contribution >= 0.6 is 0 Å². The third-order valence-corrected chi connectivity index (χ3v) is 3.26. The van der Waals surface area contributed by atoms with Crippen molar-refractivity contribution in [1.29, 1.82) is 0 Å². The molecule has 0 atom stereocenters. The van der Waals surface area contributed by atoms with Gasteiger partial charge >= 0.3 is 12.3 Å². The van der Waals surface area contributed by atoms with Crippen LogP contribution in [0.1, 0.15) is 65.2 Å². The van der Waals surface area contributed by atoms with E-state index < -0.39 is 18.9 Å². The summed E-state index contributed by atoms with van der Waals surface area (Å²) in [7, 11) is 0. The van der Waals surface area contributed by atoms with Gasteiger partial charge in [0.25, 0.3) is 0 Å². The molecule has 0 fully saturated rings. The van der Waals surface area contributed by atoms with Crippen LogP contribution in [0.5, 0.6) is 0 Å². The van der Waals surface area contributed by atoms with Crippen molar-refractivity contribution in [2.45, 2.75) is 83.6 Å². The van der Waals surface area contributed by atoms with Gasteiger partial charge in [0, 0.05) is 6.04 Å². The molecule has 1 N–H and O–H groups in total. The molecule has 5 heteroatoms. The highest BCUT2D eigenvalue weighted by atomic mass is 19.3. The summed E-state index contributed by atoms with van der Waals surface area (Å²) in [5, 5.41) is 2.63. The normalized spacial score (nSPS) is 12.6. The van der Waals surface area contributed by atoms with Crippen LogP contribution in [-0.2, 0) is 0 Å². The Hall–Kier alpha value is -0.320. The SMILES string of the molecule is CCCCCC(CCCCC)NCC(F)(F)C(F)F. The molecule has 0 saturated carbocycles. The van der Waals surface area contributed by atoms with E-state index in [1.165, 1.54) is 0 Å². The van der Waals surface area contributed by atoms with E-state index in [4.69, 9.17) is 0 Å². The predicted octanol–water partition coefficient (Wildman–Crippen LogP) is 5.01.